The lowest BCUT2D eigenvalue weighted by atomic mass is 9.89. The number of nitrogens with one attached hydrogen (secondary N) is 1. The van der Waals surface area contributed by atoms with E-state index in [4.69, 9.17) is 4.74 Å². The number of carbonyl (C=O) groups excluding carboxylic acids is 2. The molecule has 0 aliphatic carbocycles. The van der Waals surface area contributed by atoms with Gasteiger partial charge in [0.15, 0.2) is 10.9 Å². The fraction of sp³-hybridized carbons (Fsp3) is 0.545. The molecule has 1 rings (SSSR count). The van der Waals surface area contributed by atoms with Crippen LogP contribution in [0.2, 0.25) is 0 Å². The molecular formula is C11H16N2O3S. The number of ether oxygens (including phenoxy) is 1. The number of hydrogen-bond donors (Lipinski definition) is 1. The summed E-state index contributed by atoms with van der Waals surface area (Å²) >= 11 is 1.27. The molecule has 0 atom stereocenters. The van der Waals surface area contributed by atoms with Crippen LogP contribution in [0.1, 0.15) is 20.8 Å². The monoisotopic (exact) mass is 256 g/mol. The highest BCUT2D eigenvalue weighted by Crippen LogP contribution is 2.23. The van der Waals surface area contributed by atoms with Crippen LogP contribution < -0.4 is 0 Å². The Morgan fingerprint density at radius 3 is 2.76 bits per heavy atom. The highest BCUT2D eigenvalue weighted by Gasteiger charge is 2.36. The molecule has 1 N–H and O–H groups in total. The first-order valence-corrected chi connectivity index (χ1v) is 6.29. The summed E-state index contributed by atoms with van der Waals surface area (Å²) in [5.74, 6) is -0.457. The molecular weight excluding hydrogens is 240 g/mol. The average molecular weight is 256 g/mol. The second-order valence-corrected chi connectivity index (χ2v) is 4.92. The normalized spacial score (nSPS) is 11.2. The maximum atomic E-state index is 11.9. The Labute approximate surface area is 104 Å². The van der Waals surface area contributed by atoms with Gasteiger partial charge in [-0.2, -0.15) is 0 Å². The van der Waals surface area contributed by atoms with Crippen molar-refractivity contribution in [1.29, 1.82) is 0 Å². The standard InChI is InChI=1S/C11H16N2O3S/c1-4-16-9(15)11(2,3)8(14)7-17-10-12-5-6-13-10/h5-6H,4,7H2,1-3H3,(H,12,13). The van der Waals surface area contributed by atoms with E-state index in [-0.39, 0.29) is 18.1 Å². The lowest BCUT2D eigenvalue weighted by molar-refractivity contribution is -0.157. The number of aromatic nitrogens is 2. The summed E-state index contributed by atoms with van der Waals surface area (Å²) in [6, 6.07) is 0. The molecule has 0 spiro atoms. The molecule has 1 aromatic heterocycles. The predicted molar refractivity (Wildman–Crippen MR) is 64.7 cm³/mol. The molecule has 0 radical (unpaired) electrons. The topological polar surface area (TPSA) is 72.1 Å². The molecule has 0 aromatic carbocycles. The van der Waals surface area contributed by atoms with Crippen molar-refractivity contribution in [1.82, 2.24) is 9.97 Å². The van der Waals surface area contributed by atoms with Gasteiger partial charge in [-0.25, -0.2) is 4.98 Å². The Morgan fingerprint density at radius 2 is 2.24 bits per heavy atom. The number of carbonyl (C=O) groups is 2. The highest BCUT2D eigenvalue weighted by molar-refractivity contribution is 7.99. The fourth-order valence-electron chi connectivity index (χ4n) is 1.07. The van der Waals surface area contributed by atoms with Crippen molar-refractivity contribution in [3.05, 3.63) is 12.4 Å². The molecule has 94 valence electrons. The quantitative estimate of drug-likeness (QED) is 0.476. The Balaban J connectivity index is 2.53. The van der Waals surface area contributed by atoms with Gasteiger partial charge in [0.25, 0.3) is 0 Å². The molecule has 6 heteroatoms. The van der Waals surface area contributed by atoms with Gasteiger partial charge in [-0.15, -0.1) is 0 Å². The predicted octanol–water partition coefficient (Wildman–Crippen LogP) is 1.66. The van der Waals surface area contributed by atoms with Crippen molar-refractivity contribution < 1.29 is 14.3 Å². The van der Waals surface area contributed by atoms with E-state index in [1.807, 2.05) is 0 Å². The van der Waals surface area contributed by atoms with Crippen molar-refractivity contribution in [3.8, 4) is 0 Å². The summed E-state index contributed by atoms with van der Waals surface area (Å²) in [5.41, 5.74) is -1.10. The van der Waals surface area contributed by atoms with Crippen LogP contribution in [0.15, 0.2) is 17.6 Å². The molecule has 0 saturated heterocycles. The van der Waals surface area contributed by atoms with E-state index < -0.39 is 11.4 Å². The smallest absolute Gasteiger partial charge is 0.319 e. The minimum absolute atomic E-state index is 0.169. The van der Waals surface area contributed by atoms with Crippen molar-refractivity contribution in [2.75, 3.05) is 12.4 Å². The van der Waals surface area contributed by atoms with E-state index in [9.17, 15) is 9.59 Å². The molecule has 1 heterocycles. The maximum Gasteiger partial charge on any atom is 0.319 e. The average Bonchev–Trinajstić information content (AvgIpc) is 2.78. The van der Waals surface area contributed by atoms with Gasteiger partial charge < -0.3 is 9.72 Å². The second-order valence-electron chi connectivity index (χ2n) is 3.95. The SMILES string of the molecule is CCOC(=O)C(C)(C)C(=O)CSc1ncc[nH]1. The molecule has 1 aromatic rings. The van der Waals surface area contributed by atoms with Crippen LogP contribution in [-0.4, -0.2) is 34.1 Å². The van der Waals surface area contributed by atoms with Crippen molar-refractivity contribution in [2.45, 2.75) is 25.9 Å². The van der Waals surface area contributed by atoms with Crippen LogP contribution in [0.5, 0.6) is 0 Å². The number of H-pyrrole nitrogens is 1. The number of imidazole rings is 1. The van der Waals surface area contributed by atoms with Gasteiger partial charge in [0, 0.05) is 12.4 Å². The number of rotatable bonds is 6. The van der Waals surface area contributed by atoms with E-state index in [2.05, 4.69) is 9.97 Å². The Kier molecular flexibility index (Phi) is 4.74. The van der Waals surface area contributed by atoms with E-state index in [1.165, 1.54) is 11.8 Å². The van der Waals surface area contributed by atoms with Crippen LogP contribution in [-0.2, 0) is 14.3 Å². The van der Waals surface area contributed by atoms with E-state index in [0.29, 0.717) is 5.16 Å². The molecule has 0 aliphatic heterocycles. The molecule has 5 nitrogen and oxygen atoms in total. The van der Waals surface area contributed by atoms with Crippen molar-refractivity contribution in [3.63, 3.8) is 0 Å². The molecule has 0 aliphatic rings. The number of thioether (sulfide) groups is 1. The van der Waals surface area contributed by atoms with Crippen molar-refractivity contribution >= 4 is 23.5 Å². The minimum atomic E-state index is -1.10. The summed E-state index contributed by atoms with van der Waals surface area (Å²) in [5, 5.41) is 0.665. The van der Waals surface area contributed by atoms with Crippen LogP contribution in [0.4, 0.5) is 0 Å². The van der Waals surface area contributed by atoms with Gasteiger partial charge in [0.05, 0.1) is 12.4 Å². The van der Waals surface area contributed by atoms with E-state index in [1.54, 1.807) is 33.2 Å². The number of ketones is 1. The first kappa shape index (κ1) is 13.8. The lowest BCUT2D eigenvalue weighted by Gasteiger charge is -2.20. The molecule has 0 fully saturated rings. The highest BCUT2D eigenvalue weighted by atomic mass is 32.2. The zero-order valence-electron chi connectivity index (χ0n) is 10.1. The maximum absolute atomic E-state index is 11.9. The van der Waals surface area contributed by atoms with Gasteiger partial charge >= 0.3 is 5.97 Å². The zero-order chi connectivity index (χ0) is 12.9. The zero-order valence-corrected chi connectivity index (χ0v) is 11.0. The molecule has 0 amide bonds. The Bertz CT molecular complexity index is 387. The van der Waals surface area contributed by atoms with Gasteiger partial charge in [-0.05, 0) is 20.8 Å². The van der Waals surface area contributed by atoms with Gasteiger partial charge in [-0.3, -0.25) is 9.59 Å². The largest absolute Gasteiger partial charge is 0.465 e. The number of esters is 1. The Morgan fingerprint density at radius 1 is 1.53 bits per heavy atom. The van der Waals surface area contributed by atoms with Crippen molar-refractivity contribution in [2.24, 2.45) is 5.41 Å². The third-order valence-electron chi connectivity index (χ3n) is 2.30. The Hall–Kier alpha value is -1.30. The summed E-state index contributed by atoms with van der Waals surface area (Å²) in [7, 11) is 0. The van der Waals surface area contributed by atoms with Gasteiger partial charge in [0.2, 0.25) is 0 Å². The van der Waals surface area contributed by atoms with Gasteiger partial charge in [0.1, 0.15) is 5.41 Å². The minimum Gasteiger partial charge on any atom is -0.465 e. The van der Waals surface area contributed by atoms with Gasteiger partial charge in [-0.1, -0.05) is 11.8 Å². The molecule has 17 heavy (non-hydrogen) atoms. The number of Topliss-reactive ketones (excluding diaryl/α,β-unsaturated/α-hetero) is 1. The fourth-order valence-corrected chi connectivity index (χ4v) is 1.98. The van der Waals surface area contributed by atoms with Crippen LogP contribution >= 0.6 is 11.8 Å². The molecule has 0 bridgehead atoms. The van der Waals surface area contributed by atoms with Crippen LogP contribution in [0.3, 0.4) is 0 Å². The third-order valence-corrected chi connectivity index (χ3v) is 3.20. The lowest BCUT2D eigenvalue weighted by Crippen LogP contribution is -2.36. The van der Waals surface area contributed by atoms with Crippen LogP contribution in [0.25, 0.3) is 0 Å². The molecule has 0 unspecified atom stereocenters. The second kappa shape index (κ2) is 5.86. The van der Waals surface area contributed by atoms with E-state index in [0.717, 1.165) is 0 Å². The summed E-state index contributed by atoms with van der Waals surface area (Å²) in [6.07, 6.45) is 3.30. The summed E-state index contributed by atoms with van der Waals surface area (Å²) in [4.78, 5) is 30.4. The van der Waals surface area contributed by atoms with E-state index >= 15 is 0 Å². The number of hydrogen-bond acceptors (Lipinski definition) is 5. The third kappa shape index (κ3) is 3.59. The van der Waals surface area contributed by atoms with Crippen LogP contribution in [0, 0.1) is 5.41 Å². The first-order chi connectivity index (χ1) is 7.98. The number of nitrogens with zero attached hydrogens (tertiary/aromatic N) is 1. The first-order valence-electron chi connectivity index (χ1n) is 5.31. The number of aromatic amines is 1. The summed E-state index contributed by atoms with van der Waals surface area (Å²) in [6.45, 7) is 5.16. The summed E-state index contributed by atoms with van der Waals surface area (Å²) < 4.78 is 4.87. The molecule has 0 saturated carbocycles.